The quantitative estimate of drug-likeness (QED) is 0.771. The molecule has 2 saturated heterocycles. The van der Waals surface area contributed by atoms with E-state index < -0.39 is 12.1 Å². The van der Waals surface area contributed by atoms with Crippen LogP contribution < -0.4 is 0 Å². The number of rotatable bonds is 2. The number of carboxylic acid groups (broad SMARTS) is 1. The van der Waals surface area contributed by atoms with E-state index in [0.29, 0.717) is 5.41 Å². The van der Waals surface area contributed by atoms with Crippen LogP contribution in [-0.4, -0.2) is 83.2 Å². The minimum absolute atomic E-state index is 0.163. The van der Waals surface area contributed by atoms with Crippen LogP contribution in [0.4, 0.5) is 18.0 Å². The molecular weight excluding hydrogens is 409 g/mol. The fraction of sp³-hybridized carbons (Fsp3) is 0.722. The Bertz CT molecular complexity index is 664. The van der Waals surface area contributed by atoms with Gasteiger partial charge in [0.2, 0.25) is 0 Å². The molecule has 11 heteroatoms. The minimum atomic E-state index is -5.08. The number of alkyl halides is 3. The van der Waals surface area contributed by atoms with Gasteiger partial charge in [0.05, 0.1) is 6.54 Å². The minimum Gasteiger partial charge on any atom is -0.475 e. The van der Waals surface area contributed by atoms with Crippen LogP contribution >= 0.6 is 11.3 Å². The number of halogens is 3. The van der Waals surface area contributed by atoms with Crippen LogP contribution in [0.25, 0.3) is 0 Å². The van der Waals surface area contributed by atoms with Gasteiger partial charge in [-0.25, -0.2) is 14.6 Å². The summed E-state index contributed by atoms with van der Waals surface area (Å²) in [5.74, 6) is -2.76. The number of nitrogens with zero attached hydrogens (tertiary/aromatic N) is 4. The maximum atomic E-state index is 12.0. The van der Waals surface area contributed by atoms with Crippen LogP contribution in [0.15, 0.2) is 11.6 Å². The lowest BCUT2D eigenvalue weighted by molar-refractivity contribution is -0.192. The molecule has 0 unspecified atom stereocenters. The van der Waals surface area contributed by atoms with Crippen LogP contribution in [0, 0.1) is 5.41 Å². The molecule has 0 bridgehead atoms. The van der Waals surface area contributed by atoms with Crippen molar-refractivity contribution >= 4 is 23.3 Å². The summed E-state index contributed by atoms with van der Waals surface area (Å²) in [5.41, 5.74) is 0.475. The van der Waals surface area contributed by atoms with Crippen molar-refractivity contribution in [1.29, 1.82) is 0 Å². The van der Waals surface area contributed by atoms with Gasteiger partial charge in [0.25, 0.3) is 0 Å². The first-order chi connectivity index (χ1) is 13.5. The zero-order chi connectivity index (χ0) is 21.7. The van der Waals surface area contributed by atoms with Gasteiger partial charge in [0, 0.05) is 38.8 Å². The van der Waals surface area contributed by atoms with Crippen LogP contribution in [0.5, 0.6) is 0 Å². The Hall–Kier alpha value is -1.88. The Kier molecular flexibility index (Phi) is 7.87. The van der Waals surface area contributed by atoms with E-state index in [0.717, 1.165) is 32.5 Å². The lowest BCUT2D eigenvalue weighted by Gasteiger charge is -2.47. The van der Waals surface area contributed by atoms with Crippen molar-refractivity contribution in [1.82, 2.24) is 19.7 Å². The van der Waals surface area contributed by atoms with Gasteiger partial charge in [-0.1, -0.05) is 0 Å². The number of urea groups is 1. The van der Waals surface area contributed by atoms with Gasteiger partial charge in [-0.05, 0) is 44.2 Å². The van der Waals surface area contributed by atoms with Crippen molar-refractivity contribution in [3.63, 3.8) is 0 Å². The first kappa shape index (κ1) is 23.4. The molecule has 0 aromatic carbocycles. The first-order valence-electron chi connectivity index (χ1n) is 9.39. The predicted octanol–water partition coefficient (Wildman–Crippen LogP) is 3.14. The Labute approximate surface area is 172 Å². The number of hydrogen-bond acceptors (Lipinski definition) is 5. The number of aromatic nitrogens is 1. The SMILES string of the molecule is CN(C)C(=O)N1CCC2(CCN(Cc3nccs3)CC2)CC1.O=C(O)C(F)(F)F. The highest BCUT2D eigenvalue weighted by Gasteiger charge is 2.39. The highest BCUT2D eigenvalue weighted by atomic mass is 32.1. The van der Waals surface area contributed by atoms with Gasteiger partial charge in [0.1, 0.15) is 5.01 Å². The molecule has 2 amide bonds. The maximum Gasteiger partial charge on any atom is 0.490 e. The van der Waals surface area contributed by atoms with Gasteiger partial charge < -0.3 is 14.9 Å². The van der Waals surface area contributed by atoms with Crippen molar-refractivity contribution in [2.24, 2.45) is 5.41 Å². The standard InChI is InChI=1S/C16H26N4OS.C2HF3O2/c1-18(2)15(21)20-10-5-16(6-11-20)3-8-19(9-4-16)13-14-17-7-12-22-14;3-2(4,5)1(6)7/h7,12H,3-6,8-11,13H2,1-2H3;(H,6,7). The molecule has 0 saturated carbocycles. The van der Waals surface area contributed by atoms with Gasteiger partial charge in [0.15, 0.2) is 0 Å². The summed E-state index contributed by atoms with van der Waals surface area (Å²) in [6.45, 7) is 5.17. The van der Waals surface area contributed by atoms with Gasteiger partial charge in [-0.15, -0.1) is 11.3 Å². The number of carbonyl (C=O) groups excluding carboxylic acids is 1. The number of piperidine rings is 2. The zero-order valence-corrected chi connectivity index (χ0v) is 17.4. The number of hydrogen-bond donors (Lipinski definition) is 1. The van der Waals surface area contributed by atoms with E-state index in [2.05, 4.69) is 15.3 Å². The Morgan fingerprint density at radius 3 is 2.10 bits per heavy atom. The molecule has 0 atom stereocenters. The topological polar surface area (TPSA) is 77.0 Å². The van der Waals surface area contributed by atoms with Crippen LogP contribution in [0.3, 0.4) is 0 Å². The van der Waals surface area contributed by atoms with E-state index in [1.807, 2.05) is 25.2 Å². The van der Waals surface area contributed by atoms with Crippen molar-refractivity contribution in [2.45, 2.75) is 38.4 Å². The second kappa shape index (κ2) is 9.75. The molecule has 29 heavy (non-hydrogen) atoms. The lowest BCUT2D eigenvalue weighted by Crippen LogP contribution is -2.50. The van der Waals surface area contributed by atoms with Crippen molar-refractivity contribution in [3.8, 4) is 0 Å². The van der Waals surface area contributed by atoms with Gasteiger partial charge in [-0.3, -0.25) is 4.90 Å². The second-order valence-electron chi connectivity index (χ2n) is 7.67. The molecule has 7 nitrogen and oxygen atoms in total. The third-order valence-electron chi connectivity index (χ3n) is 5.48. The Balaban J connectivity index is 0.000000370. The molecule has 3 rings (SSSR count). The average molecular weight is 437 g/mol. The Morgan fingerprint density at radius 1 is 1.17 bits per heavy atom. The molecule has 0 aliphatic carbocycles. The number of thiazole rings is 1. The number of amides is 2. The number of carboxylic acids is 1. The normalized spacial score (nSPS) is 19.4. The molecule has 2 aliphatic rings. The average Bonchev–Trinajstić information content (AvgIpc) is 3.17. The van der Waals surface area contributed by atoms with Crippen molar-refractivity contribution in [3.05, 3.63) is 16.6 Å². The summed E-state index contributed by atoms with van der Waals surface area (Å²) >= 11 is 1.75. The fourth-order valence-corrected chi connectivity index (χ4v) is 4.32. The Morgan fingerprint density at radius 2 is 1.69 bits per heavy atom. The molecule has 2 aliphatic heterocycles. The summed E-state index contributed by atoms with van der Waals surface area (Å²) in [4.78, 5) is 31.5. The zero-order valence-electron chi connectivity index (χ0n) is 16.6. The molecule has 1 N–H and O–H groups in total. The molecular formula is C18H27F3N4O3S. The van der Waals surface area contributed by atoms with Crippen molar-refractivity contribution in [2.75, 3.05) is 40.3 Å². The summed E-state index contributed by atoms with van der Waals surface area (Å²) in [6.07, 6.45) is 1.67. The van der Waals surface area contributed by atoms with E-state index in [9.17, 15) is 18.0 Å². The third-order valence-corrected chi connectivity index (χ3v) is 6.24. The summed E-state index contributed by atoms with van der Waals surface area (Å²) in [7, 11) is 3.67. The number of likely N-dealkylation sites (tertiary alicyclic amines) is 2. The summed E-state index contributed by atoms with van der Waals surface area (Å²) in [6, 6.07) is 0.163. The van der Waals surface area contributed by atoms with E-state index in [1.54, 1.807) is 16.2 Å². The molecule has 1 aromatic rings. The van der Waals surface area contributed by atoms with Gasteiger partial charge in [-0.2, -0.15) is 13.2 Å². The largest absolute Gasteiger partial charge is 0.490 e. The maximum absolute atomic E-state index is 12.0. The number of carbonyl (C=O) groups is 2. The van der Waals surface area contributed by atoms with E-state index in [-0.39, 0.29) is 6.03 Å². The molecule has 0 radical (unpaired) electrons. The summed E-state index contributed by atoms with van der Waals surface area (Å²) < 4.78 is 31.7. The molecule has 1 spiro atoms. The molecule has 2 fully saturated rings. The lowest BCUT2D eigenvalue weighted by atomic mass is 9.71. The van der Waals surface area contributed by atoms with E-state index >= 15 is 0 Å². The van der Waals surface area contributed by atoms with Crippen LogP contribution in [-0.2, 0) is 11.3 Å². The molecule has 164 valence electrons. The highest BCUT2D eigenvalue weighted by Crippen LogP contribution is 2.41. The van der Waals surface area contributed by atoms with E-state index in [1.165, 1.54) is 30.9 Å². The predicted molar refractivity (Wildman–Crippen MR) is 103 cm³/mol. The summed E-state index contributed by atoms with van der Waals surface area (Å²) in [5, 5.41) is 10.4. The van der Waals surface area contributed by atoms with Gasteiger partial charge >= 0.3 is 18.2 Å². The monoisotopic (exact) mass is 436 g/mol. The smallest absolute Gasteiger partial charge is 0.475 e. The first-order valence-corrected chi connectivity index (χ1v) is 10.3. The second-order valence-corrected chi connectivity index (χ2v) is 8.65. The van der Waals surface area contributed by atoms with Crippen LogP contribution in [0.2, 0.25) is 0 Å². The molecule has 1 aromatic heterocycles. The van der Waals surface area contributed by atoms with Crippen molar-refractivity contribution < 1.29 is 27.9 Å². The highest BCUT2D eigenvalue weighted by molar-refractivity contribution is 7.09. The van der Waals surface area contributed by atoms with E-state index in [4.69, 9.17) is 9.90 Å². The fourth-order valence-electron chi connectivity index (χ4n) is 3.66. The number of aliphatic carboxylic acids is 1. The molecule has 3 heterocycles. The van der Waals surface area contributed by atoms with Crippen LogP contribution in [0.1, 0.15) is 30.7 Å². The third kappa shape index (κ3) is 6.84.